The molecule has 0 aromatic heterocycles. The van der Waals surface area contributed by atoms with Crippen LogP contribution in [0.1, 0.15) is 39.0 Å². The van der Waals surface area contributed by atoms with Gasteiger partial charge in [-0.3, -0.25) is 9.59 Å². The third kappa shape index (κ3) is 2.86. The first kappa shape index (κ1) is 12.6. The first-order chi connectivity index (χ1) is 8.22. The molecule has 0 aliphatic carbocycles. The van der Waals surface area contributed by atoms with Gasteiger partial charge in [-0.15, -0.1) is 0 Å². The molecule has 1 amide bonds. The molecule has 0 bridgehead atoms. The number of ether oxygens (including phenoxy) is 1. The Morgan fingerprint density at radius 2 is 1.94 bits per heavy atom. The summed E-state index contributed by atoms with van der Waals surface area (Å²) >= 11 is 0. The SMILES string of the molecule is CCC(=O)C1CCN(C(=O)C2CCCO2)CC1. The summed E-state index contributed by atoms with van der Waals surface area (Å²) in [5, 5.41) is 0. The molecule has 1 atom stereocenters. The molecule has 2 rings (SSSR count). The van der Waals surface area contributed by atoms with Crippen LogP contribution in [0, 0.1) is 5.92 Å². The van der Waals surface area contributed by atoms with Crippen LogP contribution < -0.4 is 0 Å². The molecule has 0 aromatic rings. The van der Waals surface area contributed by atoms with Gasteiger partial charge in [0.15, 0.2) is 0 Å². The molecule has 0 N–H and O–H groups in total. The average Bonchev–Trinajstić information content (AvgIpc) is 2.91. The molecule has 0 saturated carbocycles. The Morgan fingerprint density at radius 1 is 1.24 bits per heavy atom. The Balaban J connectivity index is 1.82. The van der Waals surface area contributed by atoms with Crippen LogP contribution in [-0.4, -0.2) is 42.4 Å². The number of piperidine rings is 1. The van der Waals surface area contributed by atoms with E-state index in [4.69, 9.17) is 4.74 Å². The van der Waals surface area contributed by atoms with Gasteiger partial charge in [-0.05, 0) is 25.7 Å². The molecule has 4 heteroatoms. The number of ketones is 1. The van der Waals surface area contributed by atoms with E-state index >= 15 is 0 Å². The maximum absolute atomic E-state index is 12.1. The van der Waals surface area contributed by atoms with Crippen LogP contribution in [0.2, 0.25) is 0 Å². The number of hydrogen-bond acceptors (Lipinski definition) is 3. The van der Waals surface area contributed by atoms with Gasteiger partial charge in [0.25, 0.3) is 5.91 Å². The molecule has 2 heterocycles. The third-order valence-electron chi connectivity index (χ3n) is 3.82. The van der Waals surface area contributed by atoms with Crippen molar-refractivity contribution < 1.29 is 14.3 Å². The molecule has 0 spiro atoms. The number of carbonyl (C=O) groups is 2. The van der Waals surface area contributed by atoms with Gasteiger partial charge in [0.1, 0.15) is 11.9 Å². The Bertz CT molecular complexity index is 289. The van der Waals surface area contributed by atoms with Crippen molar-refractivity contribution in [1.29, 1.82) is 0 Å². The maximum Gasteiger partial charge on any atom is 0.251 e. The summed E-state index contributed by atoms with van der Waals surface area (Å²) < 4.78 is 5.41. The van der Waals surface area contributed by atoms with Crippen molar-refractivity contribution in [2.75, 3.05) is 19.7 Å². The fraction of sp³-hybridized carbons (Fsp3) is 0.846. The number of nitrogens with zero attached hydrogens (tertiary/aromatic N) is 1. The summed E-state index contributed by atoms with van der Waals surface area (Å²) in [6.45, 7) is 4.05. The second-order valence-electron chi connectivity index (χ2n) is 4.92. The fourth-order valence-electron chi connectivity index (χ4n) is 2.69. The molecule has 0 radical (unpaired) electrons. The second kappa shape index (κ2) is 5.63. The minimum Gasteiger partial charge on any atom is -0.368 e. The summed E-state index contributed by atoms with van der Waals surface area (Å²) in [6.07, 6.45) is 3.89. The number of rotatable bonds is 3. The van der Waals surface area contributed by atoms with Gasteiger partial charge in [-0.2, -0.15) is 0 Å². The normalized spacial score (nSPS) is 26.2. The monoisotopic (exact) mass is 239 g/mol. The summed E-state index contributed by atoms with van der Waals surface area (Å²) in [6, 6.07) is 0. The first-order valence-corrected chi connectivity index (χ1v) is 6.65. The van der Waals surface area contributed by atoms with Crippen LogP contribution in [-0.2, 0) is 14.3 Å². The zero-order valence-corrected chi connectivity index (χ0v) is 10.5. The van der Waals surface area contributed by atoms with Crippen LogP contribution >= 0.6 is 0 Å². The van der Waals surface area contributed by atoms with Gasteiger partial charge in [0, 0.05) is 32.0 Å². The Labute approximate surface area is 102 Å². The van der Waals surface area contributed by atoms with Crippen molar-refractivity contribution in [2.24, 2.45) is 5.92 Å². The summed E-state index contributed by atoms with van der Waals surface area (Å²) in [4.78, 5) is 25.5. The van der Waals surface area contributed by atoms with E-state index in [0.29, 0.717) is 18.8 Å². The van der Waals surface area contributed by atoms with Crippen LogP contribution in [0.15, 0.2) is 0 Å². The van der Waals surface area contributed by atoms with Crippen molar-refractivity contribution in [1.82, 2.24) is 4.90 Å². The highest BCUT2D eigenvalue weighted by Gasteiger charge is 2.32. The molecular formula is C13H21NO3. The lowest BCUT2D eigenvalue weighted by Gasteiger charge is -2.32. The van der Waals surface area contributed by atoms with E-state index in [0.717, 1.165) is 38.8 Å². The zero-order chi connectivity index (χ0) is 12.3. The highest BCUT2D eigenvalue weighted by Crippen LogP contribution is 2.22. The maximum atomic E-state index is 12.1. The van der Waals surface area contributed by atoms with E-state index in [1.54, 1.807) is 0 Å². The lowest BCUT2D eigenvalue weighted by Crippen LogP contribution is -2.44. The standard InChI is InChI=1S/C13H21NO3/c1-2-11(15)10-5-7-14(8-6-10)13(16)12-4-3-9-17-12/h10,12H,2-9H2,1H3. The van der Waals surface area contributed by atoms with Crippen molar-refractivity contribution in [3.63, 3.8) is 0 Å². The lowest BCUT2D eigenvalue weighted by molar-refractivity contribution is -0.143. The van der Waals surface area contributed by atoms with Gasteiger partial charge in [0.05, 0.1) is 0 Å². The van der Waals surface area contributed by atoms with E-state index in [2.05, 4.69) is 0 Å². The van der Waals surface area contributed by atoms with Gasteiger partial charge in [-0.25, -0.2) is 0 Å². The Kier molecular flexibility index (Phi) is 4.15. The van der Waals surface area contributed by atoms with Crippen molar-refractivity contribution >= 4 is 11.7 Å². The van der Waals surface area contributed by atoms with Crippen LogP contribution in [0.25, 0.3) is 0 Å². The first-order valence-electron chi connectivity index (χ1n) is 6.65. The number of likely N-dealkylation sites (tertiary alicyclic amines) is 1. The van der Waals surface area contributed by atoms with Crippen LogP contribution in [0.3, 0.4) is 0 Å². The smallest absolute Gasteiger partial charge is 0.251 e. The molecule has 2 aliphatic rings. The van der Waals surface area contributed by atoms with Crippen LogP contribution in [0.4, 0.5) is 0 Å². The highest BCUT2D eigenvalue weighted by atomic mass is 16.5. The van der Waals surface area contributed by atoms with Gasteiger partial charge >= 0.3 is 0 Å². The molecule has 96 valence electrons. The largest absolute Gasteiger partial charge is 0.368 e. The summed E-state index contributed by atoms with van der Waals surface area (Å²) in [7, 11) is 0. The summed E-state index contributed by atoms with van der Waals surface area (Å²) in [5.74, 6) is 0.646. The predicted molar refractivity (Wildman–Crippen MR) is 63.6 cm³/mol. The van der Waals surface area contributed by atoms with E-state index in [1.165, 1.54) is 0 Å². The van der Waals surface area contributed by atoms with Gasteiger partial charge in [0.2, 0.25) is 0 Å². The van der Waals surface area contributed by atoms with Crippen LogP contribution in [0.5, 0.6) is 0 Å². The molecular weight excluding hydrogens is 218 g/mol. The van der Waals surface area contributed by atoms with Crippen molar-refractivity contribution in [2.45, 2.75) is 45.1 Å². The van der Waals surface area contributed by atoms with E-state index < -0.39 is 0 Å². The minimum absolute atomic E-state index is 0.130. The van der Waals surface area contributed by atoms with Crippen molar-refractivity contribution in [3.05, 3.63) is 0 Å². The van der Waals surface area contributed by atoms with E-state index in [9.17, 15) is 9.59 Å². The molecule has 0 aromatic carbocycles. The minimum atomic E-state index is -0.214. The Hall–Kier alpha value is -0.900. The number of Topliss-reactive ketones (excluding diaryl/α,β-unsaturated/α-hetero) is 1. The number of carbonyl (C=O) groups excluding carboxylic acids is 2. The molecule has 1 unspecified atom stereocenters. The zero-order valence-electron chi connectivity index (χ0n) is 10.5. The van der Waals surface area contributed by atoms with Crippen molar-refractivity contribution in [3.8, 4) is 0 Å². The quantitative estimate of drug-likeness (QED) is 0.747. The average molecular weight is 239 g/mol. The molecule has 2 aliphatic heterocycles. The topological polar surface area (TPSA) is 46.6 Å². The van der Waals surface area contributed by atoms with Gasteiger partial charge in [-0.1, -0.05) is 6.92 Å². The number of amides is 1. The third-order valence-corrected chi connectivity index (χ3v) is 3.82. The number of hydrogen-bond donors (Lipinski definition) is 0. The highest BCUT2D eigenvalue weighted by molar-refractivity contribution is 5.83. The van der Waals surface area contributed by atoms with Gasteiger partial charge < -0.3 is 9.64 Å². The molecule has 4 nitrogen and oxygen atoms in total. The predicted octanol–water partition coefficient (Wildman–Crippen LogP) is 1.38. The molecule has 2 saturated heterocycles. The van der Waals surface area contributed by atoms with E-state index in [-0.39, 0.29) is 17.9 Å². The lowest BCUT2D eigenvalue weighted by atomic mass is 9.91. The second-order valence-corrected chi connectivity index (χ2v) is 4.92. The molecule has 2 fully saturated rings. The Morgan fingerprint density at radius 3 is 2.47 bits per heavy atom. The van der Waals surface area contributed by atoms with E-state index in [1.807, 2.05) is 11.8 Å². The molecule has 17 heavy (non-hydrogen) atoms. The fourth-order valence-corrected chi connectivity index (χ4v) is 2.69. The summed E-state index contributed by atoms with van der Waals surface area (Å²) in [5.41, 5.74) is 0.